The Hall–Kier alpha value is -1.34. The SMILES string of the molecule is Cl.NC(=O)C1CCCN(C(=O)CN2CCNCC2c2cccc(Cl)c2)C1. The van der Waals surface area contributed by atoms with E-state index in [9.17, 15) is 9.59 Å². The van der Waals surface area contributed by atoms with Crippen LogP contribution in [0, 0.1) is 5.92 Å². The third kappa shape index (κ3) is 5.10. The molecule has 144 valence electrons. The van der Waals surface area contributed by atoms with E-state index in [1.54, 1.807) is 4.90 Å². The van der Waals surface area contributed by atoms with Crippen molar-refractivity contribution in [2.45, 2.75) is 18.9 Å². The molecule has 2 aliphatic rings. The van der Waals surface area contributed by atoms with Gasteiger partial charge in [0.15, 0.2) is 0 Å². The van der Waals surface area contributed by atoms with Crippen LogP contribution in [-0.4, -0.2) is 60.9 Å². The molecule has 2 aliphatic heterocycles. The van der Waals surface area contributed by atoms with Crippen molar-refractivity contribution in [2.24, 2.45) is 11.7 Å². The fourth-order valence-electron chi connectivity index (χ4n) is 3.69. The molecule has 2 heterocycles. The Kier molecular flexibility index (Phi) is 7.70. The van der Waals surface area contributed by atoms with Gasteiger partial charge in [-0.3, -0.25) is 14.5 Å². The molecule has 1 aromatic carbocycles. The lowest BCUT2D eigenvalue weighted by atomic mass is 9.97. The first kappa shape index (κ1) is 21.0. The number of carbonyl (C=O) groups excluding carboxylic acids is 2. The van der Waals surface area contributed by atoms with Crippen LogP contribution in [0.5, 0.6) is 0 Å². The lowest BCUT2D eigenvalue weighted by Crippen LogP contribution is -2.52. The van der Waals surface area contributed by atoms with Gasteiger partial charge in [0.25, 0.3) is 0 Å². The normalized spacial score (nSPS) is 24.0. The maximum atomic E-state index is 12.8. The average molecular weight is 401 g/mol. The molecule has 3 N–H and O–H groups in total. The summed E-state index contributed by atoms with van der Waals surface area (Å²) in [6, 6.07) is 7.92. The first-order chi connectivity index (χ1) is 12.0. The molecule has 2 fully saturated rings. The highest BCUT2D eigenvalue weighted by atomic mass is 35.5. The van der Waals surface area contributed by atoms with Gasteiger partial charge in [0.1, 0.15) is 0 Å². The number of nitrogens with one attached hydrogen (secondary N) is 1. The zero-order chi connectivity index (χ0) is 17.8. The van der Waals surface area contributed by atoms with Crippen molar-refractivity contribution >= 4 is 35.8 Å². The molecule has 1 aromatic rings. The van der Waals surface area contributed by atoms with Crippen LogP contribution in [0.4, 0.5) is 0 Å². The fraction of sp³-hybridized carbons (Fsp3) is 0.556. The number of carbonyl (C=O) groups is 2. The maximum Gasteiger partial charge on any atom is 0.236 e. The quantitative estimate of drug-likeness (QED) is 0.800. The minimum atomic E-state index is -0.309. The molecule has 0 radical (unpaired) electrons. The number of piperazine rings is 1. The molecule has 0 spiro atoms. The second kappa shape index (κ2) is 9.55. The molecule has 2 atom stereocenters. The molecular weight excluding hydrogens is 375 g/mol. The zero-order valence-electron chi connectivity index (χ0n) is 14.7. The second-order valence-electron chi connectivity index (χ2n) is 6.83. The van der Waals surface area contributed by atoms with Crippen LogP contribution < -0.4 is 11.1 Å². The number of piperidine rings is 1. The van der Waals surface area contributed by atoms with Crippen molar-refractivity contribution in [1.82, 2.24) is 15.1 Å². The minimum Gasteiger partial charge on any atom is -0.369 e. The highest BCUT2D eigenvalue weighted by molar-refractivity contribution is 6.30. The number of benzene rings is 1. The van der Waals surface area contributed by atoms with Gasteiger partial charge in [-0.15, -0.1) is 12.4 Å². The van der Waals surface area contributed by atoms with E-state index in [0.29, 0.717) is 24.7 Å². The van der Waals surface area contributed by atoms with Gasteiger partial charge in [-0.25, -0.2) is 0 Å². The summed E-state index contributed by atoms with van der Waals surface area (Å²) in [5.74, 6) is -0.458. The van der Waals surface area contributed by atoms with Gasteiger partial charge in [0.05, 0.1) is 12.5 Å². The molecule has 3 rings (SSSR count). The summed E-state index contributed by atoms with van der Waals surface area (Å²) in [5, 5.41) is 4.09. The number of primary amides is 1. The van der Waals surface area contributed by atoms with E-state index in [4.69, 9.17) is 17.3 Å². The minimum absolute atomic E-state index is 0. The van der Waals surface area contributed by atoms with Gasteiger partial charge in [0.2, 0.25) is 11.8 Å². The van der Waals surface area contributed by atoms with Gasteiger partial charge in [0, 0.05) is 43.8 Å². The van der Waals surface area contributed by atoms with Gasteiger partial charge in [-0.2, -0.15) is 0 Å². The van der Waals surface area contributed by atoms with E-state index in [-0.39, 0.29) is 36.2 Å². The molecule has 0 aliphatic carbocycles. The summed E-state index contributed by atoms with van der Waals surface area (Å²) < 4.78 is 0. The van der Waals surface area contributed by atoms with E-state index in [2.05, 4.69) is 10.2 Å². The van der Waals surface area contributed by atoms with Crippen molar-refractivity contribution in [3.05, 3.63) is 34.9 Å². The molecular formula is C18H26Cl2N4O2. The van der Waals surface area contributed by atoms with Gasteiger partial charge >= 0.3 is 0 Å². The Balaban J connectivity index is 0.00000243. The Morgan fingerprint density at radius 2 is 2.12 bits per heavy atom. The predicted octanol–water partition coefficient (Wildman–Crippen LogP) is 1.43. The third-order valence-corrected chi connectivity index (χ3v) is 5.34. The summed E-state index contributed by atoms with van der Waals surface area (Å²) in [6.07, 6.45) is 1.61. The van der Waals surface area contributed by atoms with E-state index < -0.39 is 0 Å². The average Bonchev–Trinajstić information content (AvgIpc) is 2.62. The molecule has 2 saturated heterocycles. The first-order valence-electron chi connectivity index (χ1n) is 8.82. The van der Waals surface area contributed by atoms with Gasteiger partial charge in [-0.1, -0.05) is 23.7 Å². The number of nitrogens with zero attached hydrogens (tertiary/aromatic N) is 2. The summed E-state index contributed by atoms with van der Waals surface area (Å²) in [6.45, 7) is 3.95. The Morgan fingerprint density at radius 3 is 2.85 bits per heavy atom. The van der Waals surface area contributed by atoms with Gasteiger partial charge < -0.3 is 16.0 Å². The van der Waals surface area contributed by atoms with Crippen molar-refractivity contribution in [2.75, 3.05) is 39.3 Å². The largest absolute Gasteiger partial charge is 0.369 e. The number of rotatable bonds is 4. The van der Waals surface area contributed by atoms with E-state index in [1.807, 2.05) is 24.3 Å². The summed E-state index contributed by atoms with van der Waals surface area (Å²) in [7, 11) is 0. The van der Waals surface area contributed by atoms with Crippen LogP contribution in [0.3, 0.4) is 0 Å². The van der Waals surface area contributed by atoms with Crippen LogP contribution in [0.15, 0.2) is 24.3 Å². The molecule has 2 amide bonds. The summed E-state index contributed by atoms with van der Waals surface area (Å²) >= 11 is 6.13. The standard InChI is InChI=1S/C18H25ClN4O2.ClH/c19-15-5-1-3-13(9-15)16-10-21-6-8-22(16)12-17(24)23-7-2-4-14(11-23)18(20)25;/h1,3,5,9,14,16,21H,2,4,6-8,10-12H2,(H2,20,25);1H. The highest BCUT2D eigenvalue weighted by Crippen LogP contribution is 2.25. The molecule has 26 heavy (non-hydrogen) atoms. The Labute approximate surface area is 165 Å². The van der Waals surface area contributed by atoms with Crippen LogP contribution in [0.1, 0.15) is 24.4 Å². The Morgan fingerprint density at radius 1 is 1.31 bits per heavy atom. The maximum absolute atomic E-state index is 12.8. The number of hydrogen-bond acceptors (Lipinski definition) is 4. The second-order valence-corrected chi connectivity index (χ2v) is 7.26. The molecule has 0 aromatic heterocycles. The van der Waals surface area contributed by atoms with Crippen LogP contribution in [0.2, 0.25) is 5.02 Å². The van der Waals surface area contributed by atoms with E-state index in [0.717, 1.165) is 38.0 Å². The topological polar surface area (TPSA) is 78.7 Å². The lowest BCUT2D eigenvalue weighted by Gasteiger charge is -2.38. The van der Waals surface area contributed by atoms with Crippen molar-refractivity contribution in [3.63, 3.8) is 0 Å². The van der Waals surface area contributed by atoms with Crippen LogP contribution in [0.25, 0.3) is 0 Å². The van der Waals surface area contributed by atoms with Crippen LogP contribution >= 0.6 is 24.0 Å². The number of nitrogens with two attached hydrogens (primary N) is 1. The number of amides is 2. The van der Waals surface area contributed by atoms with Crippen molar-refractivity contribution in [3.8, 4) is 0 Å². The molecule has 2 unspecified atom stereocenters. The Bertz CT molecular complexity index is 643. The molecule has 0 bridgehead atoms. The van der Waals surface area contributed by atoms with E-state index >= 15 is 0 Å². The van der Waals surface area contributed by atoms with Gasteiger partial charge in [-0.05, 0) is 30.5 Å². The number of hydrogen-bond donors (Lipinski definition) is 2. The first-order valence-corrected chi connectivity index (χ1v) is 9.19. The highest BCUT2D eigenvalue weighted by Gasteiger charge is 2.30. The van der Waals surface area contributed by atoms with Crippen molar-refractivity contribution < 1.29 is 9.59 Å². The lowest BCUT2D eigenvalue weighted by molar-refractivity contribution is -0.136. The third-order valence-electron chi connectivity index (χ3n) is 5.10. The number of halogens is 2. The molecule has 6 nitrogen and oxygen atoms in total. The molecule has 8 heteroatoms. The smallest absolute Gasteiger partial charge is 0.236 e. The number of likely N-dealkylation sites (tertiary alicyclic amines) is 1. The summed E-state index contributed by atoms with van der Waals surface area (Å²) in [4.78, 5) is 28.2. The van der Waals surface area contributed by atoms with E-state index in [1.165, 1.54) is 0 Å². The van der Waals surface area contributed by atoms with Crippen LogP contribution in [-0.2, 0) is 9.59 Å². The molecule has 0 saturated carbocycles. The fourth-order valence-corrected chi connectivity index (χ4v) is 3.89. The monoisotopic (exact) mass is 400 g/mol. The van der Waals surface area contributed by atoms with Crippen molar-refractivity contribution in [1.29, 1.82) is 0 Å². The summed E-state index contributed by atoms with van der Waals surface area (Å²) in [5.41, 5.74) is 6.53. The zero-order valence-corrected chi connectivity index (χ0v) is 16.3. The predicted molar refractivity (Wildman–Crippen MR) is 104 cm³/mol.